The van der Waals surface area contributed by atoms with Gasteiger partial charge in [0.15, 0.2) is 5.96 Å². The van der Waals surface area contributed by atoms with Gasteiger partial charge in [0.05, 0.1) is 19.9 Å². The van der Waals surface area contributed by atoms with Crippen LogP contribution in [0, 0.1) is 19.3 Å². The fourth-order valence-electron chi connectivity index (χ4n) is 2.03. The second-order valence-electron chi connectivity index (χ2n) is 4.79. The molecule has 2 amide bonds. The Morgan fingerprint density at radius 3 is 2.18 bits per heavy atom. The molecule has 0 saturated heterocycles. The van der Waals surface area contributed by atoms with Gasteiger partial charge in [0.2, 0.25) is 0 Å². The van der Waals surface area contributed by atoms with E-state index in [9.17, 15) is 4.79 Å². The molecule has 0 heterocycles. The number of carbonyl (C=O) groups is 1. The maximum atomic E-state index is 12.0. The lowest BCUT2D eigenvalue weighted by molar-refractivity contribution is 0.255. The molecule has 0 unspecified atom stereocenters. The number of urea groups is 1. The molecule has 0 aliphatic rings. The Hall–Kier alpha value is -2.44. The van der Waals surface area contributed by atoms with E-state index in [4.69, 9.17) is 14.9 Å². The predicted octanol–water partition coefficient (Wildman–Crippen LogP) is 2.38. The smallest absolute Gasteiger partial charge is 0.326 e. The molecule has 0 fully saturated rings. The van der Waals surface area contributed by atoms with Gasteiger partial charge in [-0.2, -0.15) is 0 Å². The van der Waals surface area contributed by atoms with Gasteiger partial charge in [0.25, 0.3) is 0 Å². The number of hydrogen-bond acceptors (Lipinski definition) is 4. The molecule has 0 spiro atoms. The predicted molar refractivity (Wildman–Crippen MR) is 87.2 cm³/mol. The summed E-state index contributed by atoms with van der Waals surface area (Å²) in [7, 11) is 3.12. The van der Waals surface area contributed by atoms with Crippen LogP contribution >= 0.6 is 0 Å². The van der Waals surface area contributed by atoms with E-state index in [1.165, 1.54) is 0 Å². The van der Waals surface area contributed by atoms with Crippen LogP contribution < -0.4 is 25.4 Å². The molecule has 7 heteroatoms. The Kier molecular flexibility index (Phi) is 6.49. The maximum absolute atomic E-state index is 12.0. The first-order valence-corrected chi connectivity index (χ1v) is 7.07. The van der Waals surface area contributed by atoms with Crippen molar-refractivity contribution in [2.75, 3.05) is 26.1 Å². The summed E-state index contributed by atoms with van der Waals surface area (Å²) >= 11 is 0. The molecular formula is C15H24N4O3. The highest BCUT2D eigenvalue weighted by molar-refractivity contribution is 6.02. The molecule has 22 heavy (non-hydrogen) atoms. The molecule has 0 atom stereocenters. The van der Waals surface area contributed by atoms with Gasteiger partial charge in [-0.1, -0.05) is 6.92 Å². The highest BCUT2D eigenvalue weighted by atomic mass is 16.5. The molecule has 1 aromatic carbocycles. The van der Waals surface area contributed by atoms with Crippen LogP contribution in [0.1, 0.15) is 24.5 Å². The number of amides is 2. The third-order valence-electron chi connectivity index (χ3n) is 3.22. The summed E-state index contributed by atoms with van der Waals surface area (Å²) in [6, 6.07) is 1.29. The summed E-state index contributed by atoms with van der Waals surface area (Å²) in [5.74, 6) is 1.21. The topological polar surface area (TPSA) is 95.5 Å². The van der Waals surface area contributed by atoms with E-state index in [1.807, 2.05) is 20.8 Å². The number of benzene rings is 1. The SMILES string of the molecule is CCCNC(=N)NC(=O)Nc1c(C)c(OC)cc(OC)c1C. The Balaban J connectivity index is 2.92. The van der Waals surface area contributed by atoms with Crippen molar-refractivity contribution in [1.82, 2.24) is 10.6 Å². The van der Waals surface area contributed by atoms with Gasteiger partial charge in [-0.25, -0.2) is 4.79 Å². The number of carbonyl (C=O) groups excluding carboxylic acids is 1. The fourth-order valence-corrected chi connectivity index (χ4v) is 2.03. The molecule has 7 nitrogen and oxygen atoms in total. The molecule has 0 aliphatic carbocycles. The van der Waals surface area contributed by atoms with Gasteiger partial charge in [-0.15, -0.1) is 0 Å². The Bertz CT molecular complexity index is 530. The van der Waals surface area contributed by atoms with Crippen molar-refractivity contribution in [3.05, 3.63) is 17.2 Å². The van der Waals surface area contributed by atoms with E-state index in [1.54, 1.807) is 20.3 Å². The minimum atomic E-state index is -0.491. The van der Waals surface area contributed by atoms with E-state index < -0.39 is 6.03 Å². The number of anilines is 1. The standard InChI is InChI=1S/C15H24N4O3/c1-6-7-17-14(16)19-15(20)18-13-9(2)11(21-4)8-12(22-5)10(13)3/h8H,6-7H2,1-5H3,(H4,16,17,18,19,20). The van der Waals surface area contributed by atoms with Crippen molar-refractivity contribution < 1.29 is 14.3 Å². The summed E-state index contributed by atoms with van der Waals surface area (Å²) in [6.07, 6.45) is 0.872. The van der Waals surface area contributed by atoms with Crippen LogP contribution in [0.2, 0.25) is 0 Å². The average molecular weight is 308 g/mol. The van der Waals surface area contributed by atoms with Crippen molar-refractivity contribution in [1.29, 1.82) is 5.41 Å². The molecule has 0 saturated carbocycles. The summed E-state index contributed by atoms with van der Waals surface area (Å²) in [4.78, 5) is 12.0. The highest BCUT2D eigenvalue weighted by Gasteiger charge is 2.16. The highest BCUT2D eigenvalue weighted by Crippen LogP contribution is 2.36. The van der Waals surface area contributed by atoms with Gasteiger partial charge in [-0.3, -0.25) is 10.7 Å². The minimum Gasteiger partial charge on any atom is -0.496 e. The molecular weight excluding hydrogens is 284 g/mol. The number of ether oxygens (including phenoxy) is 2. The zero-order valence-corrected chi connectivity index (χ0v) is 13.7. The van der Waals surface area contributed by atoms with Crippen LogP contribution in [-0.4, -0.2) is 32.8 Å². The average Bonchev–Trinajstić information content (AvgIpc) is 2.49. The number of rotatable bonds is 5. The van der Waals surface area contributed by atoms with Gasteiger partial charge >= 0.3 is 6.03 Å². The van der Waals surface area contributed by atoms with Crippen LogP contribution in [0.15, 0.2) is 6.07 Å². The van der Waals surface area contributed by atoms with Gasteiger partial charge in [0, 0.05) is 23.7 Å². The number of nitrogens with one attached hydrogen (secondary N) is 4. The van der Waals surface area contributed by atoms with Crippen LogP contribution in [0.3, 0.4) is 0 Å². The van der Waals surface area contributed by atoms with Gasteiger partial charge in [0.1, 0.15) is 11.5 Å². The van der Waals surface area contributed by atoms with Crippen LogP contribution in [0.25, 0.3) is 0 Å². The normalized spacial score (nSPS) is 9.86. The summed E-state index contributed by atoms with van der Waals surface area (Å²) in [5, 5.41) is 15.6. The van der Waals surface area contributed by atoms with Crippen molar-refractivity contribution in [2.45, 2.75) is 27.2 Å². The van der Waals surface area contributed by atoms with Crippen molar-refractivity contribution in [3.63, 3.8) is 0 Å². The Morgan fingerprint density at radius 1 is 1.18 bits per heavy atom. The van der Waals surface area contributed by atoms with E-state index in [2.05, 4.69) is 16.0 Å². The molecule has 4 N–H and O–H groups in total. The molecule has 0 aliphatic heterocycles. The Labute approximate surface area is 130 Å². The van der Waals surface area contributed by atoms with Crippen molar-refractivity contribution in [2.24, 2.45) is 0 Å². The monoisotopic (exact) mass is 308 g/mol. The van der Waals surface area contributed by atoms with E-state index >= 15 is 0 Å². The first kappa shape index (κ1) is 17.6. The third kappa shape index (κ3) is 4.28. The molecule has 0 aromatic heterocycles. The number of hydrogen-bond donors (Lipinski definition) is 4. The molecule has 1 rings (SSSR count). The van der Waals surface area contributed by atoms with E-state index in [0.29, 0.717) is 23.7 Å². The summed E-state index contributed by atoms with van der Waals surface area (Å²) < 4.78 is 10.6. The molecule has 122 valence electrons. The first-order chi connectivity index (χ1) is 10.4. The second-order valence-corrected chi connectivity index (χ2v) is 4.79. The lowest BCUT2D eigenvalue weighted by atomic mass is 10.1. The largest absolute Gasteiger partial charge is 0.496 e. The van der Waals surface area contributed by atoms with E-state index in [0.717, 1.165) is 17.5 Å². The molecule has 0 bridgehead atoms. The zero-order valence-electron chi connectivity index (χ0n) is 13.7. The third-order valence-corrected chi connectivity index (χ3v) is 3.22. The second kappa shape index (κ2) is 8.11. The summed E-state index contributed by atoms with van der Waals surface area (Å²) in [6.45, 7) is 6.31. The van der Waals surface area contributed by atoms with Crippen molar-refractivity contribution >= 4 is 17.7 Å². The number of methoxy groups -OCH3 is 2. The molecule has 1 aromatic rings. The fraction of sp³-hybridized carbons (Fsp3) is 0.467. The summed E-state index contributed by atoms with van der Waals surface area (Å²) in [5.41, 5.74) is 2.20. The maximum Gasteiger partial charge on any atom is 0.326 e. The minimum absolute atomic E-state index is 0.0375. The quantitative estimate of drug-likeness (QED) is 0.496. The van der Waals surface area contributed by atoms with Crippen molar-refractivity contribution in [3.8, 4) is 11.5 Å². The van der Waals surface area contributed by atoms with Crippen LogP contribution in [-0.2, 0) is 0 Å². The first-order valence-electron chi connectivity index (χ1n) is 7.07. The zero-order chi connectivity index (χ0) is 16.7. The Morgan fingerprint density at radius 2 is 1.73 bits per heavy atom. The van der Waals surface area contributed by atoms with E-state index in [-0.39, 0.29) is 5.96 Å². The van der Waals surface area contributed by atoms with Gasteiger partial charge in [-0.05, 0) is 20.3 Å². The lowest BCUT2D eigenvalue weighted by Crippen LogP contribution is -2.42. The van der Waals surface area contributed by atoms with Crippen LogP contribution in [0.4, 0.5) is 10.5 Å². The molecule has 0 radical (unpaired) electrons. The van der Waals surface area contributed by atoms with Crippen LogP contribution in [0.5, 0.6) is 11.5 Å². The van der Waals surface area contributed by atoms with Gasteiger partial charge < -0.3 is 20.1 Å². The lowest BCUT2D eigenvalue weighted by Gasteiger charge is -2.18. The number of guanidine groups is 1.